The summed E-state index contributed by atoms with van der Waals surface area (Å²) in [6.45, 7) is 6.31. The number of carbonyl (C=O) groups is 1. The smallest absolute Gasteiger partial charge is 0.277 e. The maximum absolute atomic E-state index is 11.7. The Labute approximate surface area is 142 Å². The second kappa shape index (κ2) is 7.64. The molecule has 2 aromatic carbocycles. The Morgan fingerprint density at radius 1 is 1.12 bits per heavy atom. The molecular weight excluding hydrogens is 304 g/mol. The van der Waals surface area contributed by atoms with Crippen LogP contribution in [0.15, 0.2) is 53.6 Å². The molecule has 0 aliphatic rings. The fourth-order valence-corrected chi connectivity index (χ4v) is 1.97. The summed E-state index contributed by atoms with van der Waals surface area (Å²) in [4.78, 5) is 11.7. The lowest BCUT2D eigenvalue weighted by atomic mass is 9.87. The number of nitrogens with one attached hydrogen (secondary N) is 1. The fourth-order valence-electron chi connectivity index (χ4n) is 1.97. The molecule has 0 unspecified atom stereocenters. The minimum atomic E-state index is -0.343. The first-order valence-electron chi connectivity index (χ1n) is 7.69. The van der Waals surface area contributed by atoms with E-state index in [-0.39, 0.29) is 23.7 Å². The van der Waals surface area contributed by atoms with Gasteiger partial charge in [-0.15, -0.1) is 0 Å². The molecule has 1 amide bonds. The molecule has 0 radical (unpaired) electrons. The van der Waals surface area contributed by atoms with Gasteiger partial charge in [-0.05, 0) is 52.9 Å². The van der Waals surface area contributed by atoms with E-state index in [1.54, 1.807) is 24.3 Å². The van der Waals surface area contributed by atoms with E-state index in [1.807, 2.05) is 24.3 Å². The number of rotatable bonds is 5. The first-order valence-corrected chi connectivity index (χ1v) is 7.69. The van der Waals surface area contributed by atoms with Crippen molar-refractivity contribution in [3.8, 4) is 11.5 Å². The Hall–Kier alpha value is -2.82. The van der Waals surface area contributed by atoms with Crippen molar-refractivity contribution in [1.29, 1.82) is 0 Å². The van der Waals surface area contributed by atoms with E-state index >= 15 is 0 Å². The molecule has 126 valence electrons. The zero-order valence-corrected chi connectivity index (χ0v) is 14.1. The zero-order valence-electron chi connectivity index (χ0n) is 14.1. The molecule has 0 atom stereocenters. The second-order valence-electron chi connectivity index (χ2n) is 6.45. The topological polar surface area (TPSA) is 70.9 Å². The van der Waals surface area contributed by atoms with Crippen LogP contribution in [-0.2, 0) is 10.2 Å². The standard InChI is InChI=1S/C19H22N2O3/c1-19(2,3)15-6-10-17(11-7-15)24-13-18(23)21-20-12-14-4-8-16(22)9-5-14/h4-12,22H,13H2,1-3H3,(H,21,23)/b20-12+. The molecule has 0 aliphatic heterocycles. The number of aromatic hydroxyl groups is 1. The third kappa shape index (κ3) is 5.43. The number of hydrogen-bond donors (Lipinski definition) is 2. The number of ether oxygens (including phenoxy) is 1. The van der Waals surface area contributed by atoms with Gasteiger partial charge in [0, 0.05) is 0 Å². The van der Waals surface area contributed by atoms with Gasteiger partial charge in [0.2, 0.25) is 0 Å². The molecule has 0 heterocycles. The summed E-state index contributed by atoms with van der Waals surface area (Å²) in [5, 5.41) is 13.0. The lowest BCUT2D eigenvalue weighted by Gasteiger charge is -2.19. The average molecular weight is 326 g/mol. The van der Waals surface area contributed by atoms with Crippen molar-refractivity contribution in [3.63, 3.8) is 0 Å². The number of amides is 1. The first-order chi connectivity index (χ1) is 11.3. The molecule has 5 nitrogen and oxygen atoms in total. The first kappa shape index (κ1) is 17.5. The molecule has 0 fully saturated rings. The van der Waals surface area contributed by atoms with Crippen molar-refractivity contribution in [2.45, 2.75) is 26.2 Å². The minimum absolute atomic E-state index is 0.0822. The Bertz CT molecular complexity index is 699. The zero-order chi connectivity index (χ0) is 17.6. The lowest BCUT2D eigenvalue weighted by molar-refractivity contribution is -0.123. The van der Waals surface area contributed by atoms with Gasteiger partial charge in [0.25, 0.3) is 5.91 Å². The fraction of sp³-hybridized carbons (Fsp3) is 0.263. The van der Waals surface area contributed by atoms with E-state index in [0.717, 1.165) is 5.56 Å². The highest BCUT2D eigenvalue weighted by Gasteiger charge is 2.13. The van der Waals surface area contributed by atoms with Crippen molar-refractivity contribution in [2.75, 3.05) is 6.61 Å². The molecule has 2 aromatic rings. The number of nitrogens with zero attached hydrogens (tertiary/aromatic N) is 1. The number of phenols is 1. The van der Waals surface area contributed by atoms with Gasteiger partial charge in [0.05, 0.1) is 6.21 Å². The van der Waals surface area contributed by atoms with E-state index in [9.17, 15) is 9.90 Å². The van der Waals surface area contributed by atoms with Gasteiger partial charge >= 0.3 is 0 Å². The molecule has 2 N–H and O–H groups in total. The van der Waals surface area contributed by atoms with Gasteiger partial charge in [-0.1, -0.05) is 32.9 Å². The number of phenolic OH excluding ortho intramolecular Hbond substituents is 1. The van der Waals surface area contributed by atoms with Crippen LogP contribution < -0.4 is 10.2 Å². The molecule has 0 spiro atoms. The molecular formula is C19H22N2O3. The highest BCUT2D eigenvalue weighted by molar-refractivity contribution is 5.83. The summed E-state index contributed by atoms with van der Waals surface area (Å²) in [5.74, 6) is 0.479. The molecule has 5 heteroatoms. The van der Waals surface area contributed by atoms with E-state index in [0.29, 0.717) is 5.75 Å². The third-order valence-electron chi connectivity index (χ3n) is 3.39. The minimum Gasteiger partial charge on any atom is -0.508 e. The largest absolute Gasteiger partial charge is 0.508 e. The van der Waals surface area contributed by atoms with Crippen LogP contribution in [0.2, 0.25) is 0 Å². The van der Waals surface area contributed by atoms with Crippen molar-refractivity contribution in [2.24, 2.45) is 5.10 Å². The lowest BCUT2D eigenvalue weighted by Crippen LogP contribution is -2.24. The van der Waals surface area contributed by atoms with Gasteiger partial charge in [-0.3, -0.25) is 4.79 Å². The number of carbonyl (C=O) groups excluding carboxylic acids is 1. The predicted molar refractivity (Wildman–Crippen MR) is 94.5 cm³/mol. The SMILES string of the molecule is CC(C)(C)c1ccc(OCC(=O)N/N=C/c2ccc(O)cc2)cc1. The van der Waals surface area contributed by atoms with Gasteiger partial charge in [0.1, 0.15) is 11.5 Å². The maximum atomic E-state index is 11.7. The summed E-state index contributed by atoms with van der Waals surface area (Å²) in [6, 6.07) is 14.2. The van der Waals surface area contributed by atoms with Crippen molar-refractivity contribution < 1.29 is 14.6 Å². The molecule has 24 heavy (non-hydrogen) atoms. The van der Waals surface area contributed by atoms with Gasteiger partial charge < -0.3 is 9.84 Å². The molecule has 2 rings (SSSR count). The van der Waals surface area contributed by atoms with Gasteiger partial charge in [-0.25, -0.2) is 5.43 Å². The maximum Gasteiger partial charge on any atom is 0.277 e. The predicted octanol–water partition coefficient (Wildman–Crippen LogP) is 3.22. The van der Waals surface area contributed by atoms with E-state index < -0.39 is 0 Å². The van der Waals surface area contributed by atoms with Crippen LogP contribution in [0.4, 0.5) is 0 Å². The van der Waals surface area contributed by atoms with Crippen molar-refractivity contribution in [3.05, 3.63) is 59.7 Å². The number of benzene rings is 2. The highest BCUT2D eigenvalue weighted by Crippen LogP contribution is 2.24. The highest BCUT2D eigenvalue weighted by atomic mass is 16.5. The number of hydrogen-bond acceptors (Lipinski definition) is 4. The van der Waals surface area contributed by atoms with Crippen molar-refractivity contribution in [1.82, 2.24) is 5.43 Å². The van der Waals surface area contributed by atoms with E-state index in [2.05, 4.69) is 31.3 Å². The van der Waals surface area contributed by atoms with Crippen molar-refractivity contribution >= 4 is 12.1 Å². The Balaban J connectivity index is 1.79. The third-order valence-corrected chi connectivity index (χ3v) is 3.39. The molecule has 0 saturated carbocycles. The summed E-state index contributed by atoms with van der Waals surface area (Å²) >= 11 is 0. The molecule has 0 bridgehead atoms. The monoisotopic (exact) mass is 326 g/mol. The van der Waals surface area contributed by atoms with Gasteiger partial charge in [-0.2, -0.15) is 5.10 Å². The summed E-state index contributed by atoms with van der Waals surface area (Å²) in [6.07, 6.45) is 1.50. The van der Waals surface area contributed by atoms with E-state index in [1.165, 1.54) is 11.8 Å². The van der Waals surface area contributed by atoms with Crippen LogP contribution in [0.25, 0.3) is 0 Å². The average Bonchev–Trinajstić information content (AvgIpc) is 2.54. The molecule has 0 aromatic heterocycles. The van der Waals surface area contributed by atoms with Crippen LogP contribution in [0.1, 0.15) is 31.9 Å². The second-order valence-corrected chi connectivity index (χ2v) is 6.45. The Kier molecular flexibility index (Phi) is 5.58. The van der Waals surface area contributed by atoms with Crippen LogP contribution >= 0.6 is 0 Å². The van der Waals surface area contributed by atoms with Crippen LogP contribution in [0.3, 0.4) is 0 Å². The van der Waals surface area contributed by atoms with Gasteiger partial charge in [0.15, 0.2) is 6.61 Å². The Morgan fingerprint density at radius 2 is 1.75 bits per heavy atom. The van der Waals surface area contributed by atoms with Crippen LogP contribution in [0, 0.1) is 0 Å². The normalized spacial score (nSPS) is 11.5. The summed E-state index contributed by atoms with van der Waals surface area (Å²) in [7, 11) is 0. The quantitative estimate of drug-likeness (QED) is 0.654. The molecule has 0 saturated heterocycles. The van der Waals surface area contributed by atoms with Crippen LogP contribution in [0.5, 0.6) is 11.5 Å². The Morgan fingerprint density at radius 3 is 2.33 bits per heavy atom. The molecule has 0 aliphatic carbocycles. The number of hydrazone groups is 1. The van der Waals surface area contributed by atoms with Crippen LogP contribution in [-0.4, -0.2) is 23.8 Å². The van der Waals surface area contributed by atoms with E-state index in [4.69, 9.17) is 4.74 Å². The summed E-state index contributed by atoms with van der Waals surface area (Å²) in [5.41, 5.74) is 4.45. The summed E-state index contributed by atoms with van der Waals surface area (Å²) < 4.78 is 5.43.